The summed E-state index contributed by atoms with van der Waals surface area (Å²) < 4.78 is 1.24. The monoisotopic (exact) mass is 289 g/mol. The van der Waals surface area contributed by atoms with E-state index in [9.17, 15) is 14.4 Å². The average Bonchev–Trinajstić information content (AvgIpc) is 2.49. The Bertz CT molecular complexity index is 761. The molecule has 0 fully saturated rings. The standard InChI is InChI=1S/C15H19N3O3/c1-3-4-9-17(2)13(19)10-18-12-8-6-5-7-11(12)16-14(20)15(18)21/h5-8H,3-4,9-10H2,1-2H3,(H,16,20). The second-order valence-corrected chi connectivity index (χ2v) is 5.03. The van der Waals surface area contributed by atoms with Gasteiger partial charge in [-0.15, -0.1) is 0 Å². The van der Waals surface area contributed by atoms with Gasteiger partial charge in [0.1, 0.15) is 6.54 Å². The Hall–Kier alpha value is -2.37. The first kappa shape index (κ1) is 15.0. The number of unbranched alkanes of at least 4 members (excludes halogenated alkanes) is 1. The molecule has 0 aliphatic heterocycles. The highest BCUT2D eigenvalue weighted by Crippen LogP contribution is 2.07. The van der Waals surface area contributed by atoms with E-state index in [1.54, 1.807) is 36.2 Å². The summed E-state index contributed by atoms with van der Waals surface area (Å²) >= 11 is 0. The molecular weight excluding hydrogens is 270 g/mol. The van der Waals surface area contributed by atoms with Crippen molar-refractivity contribution in [1.82, 2.24) is 14.5 Å². The van der Waals surface area contributed by atoms with Crippen LogP contribution in [0.3, 0.4) is 0 Å². The molecule has 1 heterocycles. The maximum Gasteiger partial charge on any atom is 0.317 e. The summed E-state index contributed by atoms with van der Waals surface area (Å²) in [6.45, 7) is 2.57. The van der Waals surface area contributed by atoms with Crippen LogP contribution in [0.4, 0.5) is 0 Å². The maximum absolute atomic E-state index is 12.2. The second kappa shape index (κ2) is 6.39. The molecule has 1 N–H and O–H groups in total. The zero-order valence-electron chi connectivity index (χ0n) is 12.3. The molecule has 6 heteroatoms. The van der Waals surface area contributed by atoms with Gasteiger partial charge in [-0.05, 0) is 18.6 Å². The Morgan fingerprint density at radius 3 is 2.71 bits per heavy atom. The summed E-state index contributed by atoms with van der Waals surface area (Å²) in [7, 11) is 1.71. The third-order valence-corrected chi connectivity index (χ3v) is 3.45. The highest BCUT2D eigenvalue weighted by atomic mass is 16.2. The zero-order valence-corrected chi connectivity index (χ0v) is 12.3. The van der Waals surface area contributed by atoms with Gasteiger partial charge in [0.15, 0.2) is 0 Å². The molecule has 112 valence electrons. The molecule has 6 nitrogen and oxygen atoms in total. The number of hydrogen-bond acceptors (Lipinski definition) is 3. The first-order valence-corrected chi connectivity index (χ1v) is 7.00. The number of fused-ring (bicyclic) bond motifs is 1. The lowest BCUT2D eigenvalue weighted by Crippen LogP contribution is -2.40. The maximum atomic E-state index is 12.2. The summed E-state index contributed by atoms with van der Waals surface area (Å²) in [5.74, 6) is -0.179. The number of H-pyrrole nitrogens is 1. The SMILES string of the molecule is CCCCN(C)C(=O)Cn1c(=O)c(=O)[nH]c2ccccc21. The minimum atomic E-state index is -0.710. The van der Waals surface area contributed by atoms with Gasteiger partial charge in [-0.25, -0.2) is 0 Å². The average molecular weight is 289 g/mol. The van der Waals surface area contributed by atoms with Gasteiger partial charge in [0.05, 0.1) is 11.0 Å². The van der Waals surface area contributed by atoms with Crippen molar-refractivity contribution in [2.24, 2.45) is 0 Å². The molecule has 0 aliphatic rings. The van der Waals surface area contributed by atoms with Crippen LogP contribution in [0.2, 0.25) is 0 Å². The smallest absolute Gasteiger partial charge is 0.317 e. The molecule has 0 atom stereocenters. The Morgan fingerprint density at radius 2 is 2.00 bits per heavy atom. The summed E-state index contributed by atoms with van der Waals surface area (Å²) in [6, 6.07) is 6.95. The fraction of sp³-hybridized carbons (Fsp3) is 0.400. The van der Waals surface area contributed by atoms with Gasteiger partial charge in [0.2, 0.25) is 5.91 Å². The molecule has 0 radical (unpaired) electrons. The molecule has 2 aromatic rings. The number of hydrogen-bond donors (Lipinski definition) is 1. The quantitative estimate of drug-likeness (QED) is 0.833. The minimum absolute atomic E-state index is 0.122. The summed E-state index contributed by atoms with van der Waals surface area (Å²) in [5.41, 5.74) is -0.311. The van der Waals surface area contributed by atoms with Crippen molar-refractivity contribution in [2.75, 3.05) is 13.6 Å². The fourth-order valence-electron chi connectivity index (χ4n) is 2.16. The number of aromatic nitrogens is 2. The van der Waals surface area contributed by atoms with E-state index >= 15 is 0 Å². The first-order valence-electron chi connectivity index (χ1n) is 7.00. The predicted molar refractivity (Wildman–Crippen MR) is 81.4 cm³/mol. The van der Waals surface area contributed by atoms with E-state index in [1.807, 2.05) is 6.92 Å². The van der Waals surface area contributed by atoms with Crippen molar-refractivity contribution >= 4 is 16.9 Å². The largest absolute Gasteiger partial charge is 0.344 e. The summed E-state index contributed by atoms with van der Waals surface area (Å²) in [5, 5.41) is 0. The van der Waals surface area contributed by atoms with Gasteiger partial charge in [-0.3, -0.25) is 19.0 Å². The molecule has 0 saturated heterocycles. The van der Waals surface area contributed by atoms with E-state index in [4.69, 9.17) is 0 Å². The van der Waals surface area contributed by atoms with E-state index in [0.717, 1.165) is 12.8 Å². The van der Waals surface area contributed by atoms with E-state index in [-0.39, 0.29) is 12.5 Å². The number of para-hydroxylation sites is 2. The number of likely N-dealkylation sites (N-methyl/N-ethyl adjacent to an activating group) is 1. The molecule has 0 aliphatic carbocycles. The molecule has 0 unspecified atom stereocenters. The molecule has 0 bridgehead atoms. The van der Waals surface area contributed by atoms with Crippen LogP contribution in [0.1, 0.15) is 19.8 Å². The lowest BCUT2D eigenvalue weighted by Gasteiger charge is -2.18. The number of nitrogens with zero attached hydrogens (tertiary/aromatic N) is 2. The Labute approximate surface area is 122 Å². The van der Waals surface area contributed by atoms with Crippen molar-refractivity contribution in [3.05, 3.63) is 45.0 Å². The van der Waals surface area contributed by atoms with Crippen molar-refractivity contribution in [1.29, 1.82) is 0 Å². The van der Waals surface area contributed by atoms with E-state index in [0.29, 0.717) is 17.6 Å². The highest BCUT2D eigenvalue weighted by molar-refractivity contribution is 5.79. The summed E-state index contributed by atoms with van der Waals surface area (Å²) in [6.07, 6.45) is 1.90. The van der Waals surface area contributed by atoms with Gasteiger partial charge in [-0.1, -0.05) is 25.5 Å². The molecule has 1 aromatic heterocycles. The Morgan fingerprint density at radius 1 is 1.29 bits per heavy atom. The number of carbonyl (C=O) groups excluding carboxylic acids is 1. The van der Waals surface area contributed by atoms with Crippen LogP contribution in [-0.2, 0) is 11.3 Å². The first-order chi connectivity index (χ1) is 10.0. The van der Waals surface area contributed by atoms with Gasteiger partial charge in [-0.2, -0.15) is 0 Å². The number of benzene rings is 1. The van der Waals surface area contributed by atoms with Crippen molar-refractivity contribution < 1.29 is 4.79 Å². The van der Waals surface area contributed by atoms with E-state index in [2.05, 4.69) is 4.98 Å². The normalized spacial score (nSPS) is 10.8. The number of nitrogens with one attached hydrogen (secondary N) is 1. The lowest BCUT2D eigenvalue weighted by molar-refractivity contribution is -0.130. The Kier molecular flexibility index (Phi) is 4.57. The molecule has 1 amide bonds. The van der Waals surface area contributed by atoms with Crippen LogP contribution in [0.25, 0.3) is 11.0 Å². The number of amides is 1. The molecule has 1 aromatic carbocycles. The van der Waals surface area contributed by atoms with Crippen molar-refractivity contribution in [2.45, 2.75) is 26.3 Å². The van der Waals surface area contributed by atoms with Crippen LogP contribution in [-0.4, -0.2) is 34.0 Å². The van der Waals surface area contributed by atoms with Gasteiger partial charge in [0.25, 0.3) is 0 Å². The third kappa shape index (κ3) is 3.21. The number of rotatable bonds is 5. The molecular formula is C15H19N3O3. The van der Waals surface area contributed by atoms with Crippen molar-refractivity contribution in [3.63, 3.8) is 0 Å². The lowest BCUT2D eigenvalue weighted by atomic mass is 10.3. The zero-order chi connectivity index (χ0) is 15.4. The van der Waals surface area contributed by atoms with Gasteiger partial charge < -0.3 is 9.88 Å². The minimum Gasteiger partial charge on any atom is -0.344 e. The Balaban J connectivity index is 2.38. The molecule has 0 saturated carbocycles. The van der Waals surface area contributed by atoms with Crippen LogP contribution in [0.15, 0.2) is 33.9 Å². The van der Waals surface area contributed by atoms with Crippen LogP contribution in [0, 0.1) is 0 Å². The summed E-state index contributed by atoms with van der Waals surface area (Å²) in [4.78, 5) is 40.0. The van der Waals surface area contributed by atoms with Crippen molar-refractivity contribution in [3.8, 4) is 0 Å². The van der Waals surface area contributed by atoms with E-state index in [1.165, 1.54) is 4.57 Å². The van der Waals surface area contributed by atoms with Crippen LogP contribution in [0.5, 0.6) is 0 Å². The molecule has 21 heavy (non-hydrogen) atoms. The number of aromatic amines is 1. The second-order valence-electron chi connectivity index (χ2n) is 5.03. The van der Waals surface area contributed by atoms with Gasteiger partial charge >= 0.3 is 11.1 Å². The third-order valence-electron chi connectivity index (χ3n) is 3.45. The van der Waals surface area contributed by atoms with Crippen LogP contribution >= 0.6 is 0 Å². The molecule has 0 spiro atoms. The van der Waals surface area contributed by atoms with E-state index < -0.39 is 11.1 Å². The number of carbonyl (C=O) groups is 1. The van der Waals surface area contributed by atoms with Gasteiger partial charge in [0, 0.05) is 13.6 Å². The topological polar surface area (TPSA) is 75.2 Å². The fourth-order valence-corrected chi connectivity index (χ4v) is 2.16. The predicted octanol–water partition coefficient (Wildman–Crippen LogP) is 0.948. The van der Waals surface area contributed by atoms with Crippen LogP contribution < -0.4 is 11.1 Å². The molecule has 2 rings (SSSR count). The highest BCUT2D eigenvalue weighted by Gasteiger charge is 2.13.